The molecule has 0 radical (unpaired) electrons. The van der Waals surface area contributed by atoms with Crippen LogP contribution in [0.1, 0.15) is 11.1 Å². The van der Waals surface area contributed by atoms with Gasteiger partial charge < -0.3 is 5.11 Å². The van der Waals surface area contributed by atoms with E-state index < -0.39 is 0 Å². The van der Waals surface area contributed by atoms with Gasteiger partial charge in [-0.1, -0.05) is 66.7 Å². The van der Waals surface area contributed by atoms with Gasteiger partial charge in [0.05, 0.1) is 11.4 Å². The van der Waals surface area contributed by atoms with Crippen molar-refractivity contribution in [2.45, 2.75) is 6.42 Å². The highest BCUT2D eigenvalue weighted by molar-refractivity contribution is 5.86. The lowest BCUT2D eigenvalue weighted by molar-refractivity contribution is 0.475. The second kappa shape index (κ2) is 5.85. The van der Waals surface area contributed by atoms with Gasteiger partial charge in [-0.2, -0.15) is 0 Å². The minimum Gasteiger partial charge on any atom is -0.508 e. The van der Waals surface area contributed by atoms with Crippen LogP contribution in [0.2, 0.25) is 0 Å². The summed E-state index contributed by atoms with van der Waals surface area (Å²) in [6.45, 7) is 0. The number of pyridine rings is 1. The van der Waals surface area contributed by atoms with Crippen molar-refractivity contribution in [3.8, 4) is 39.4 Å². The smallest absolute Gasteiger partial charge is 0.116 e. The average molecular weight is 335 g/mol. The standard InChI is InChI=1S/C24H17NO/c26-19-12-11-18-13-22-20(16-7-3-1-4-8-16)15-23(17-9-5-2-6-10-17)25-24(22)21(18)14-19/h1-12,14-15,26H,13H2. The Morgan fingerprint density at radius 1 is 0.692 bits per heavy atom. The van der Waals surface area contributed by atoms with Gasteiger partial charge in [0, 0.05) is 17.5 Å². The van der Waals surface area contributed by atoms with Crippen molar-refractivity contribution in [1.29, 1.82) is 0 Å². The van der Waals surface area contributed by atoms with Gasteiger partial charge >= 0.3 is 0 Å². The summed E-state index contributed by atoms with van der Waals surface area (Å²) in [6.07, 6.45) is 0.844. The molecule has 1 aliphatic rings. The Bertz CT molecular complexity index is 1100. The molecule has 124 valence electrons. The molecule has 1 aliphatic carbocycles. The monoisotopic (exact) mass is 335 g/mol. The number of phenolic OH excluding ortho intramolecular Hbond substituents is 1. The lowest BCUT2D eigenvalue weighted by Gasteiger charge is -2.12. The predicted molar refractivity (Wildman–Crippen MR) is 105 cm³/mol. The third-order valence-electron chi connectivity index (χ3n) is 4.99. The molecule has 0 saturated heterocycles. The summed E-state index contributed by atoms with van der Waals surface area (Å²) in [7, 11) is 0. The maximum atomic E-state index is 9.97. The molecule has 0 spiro atoms. The lowest BCUT2D eigenvalue weighted by atomic mass is 9.96. The average Bonchev–Trinajstić information content (AvgIpc) is 3.06. The first kappa shape index (κ1) is 14.9. The molecule has 2 heteroatoms. The summed E-state index contributed by atoms with van der Waals surface area (Å²) in [5, 5.41) is 9.97. The highest BCUT2D eigenvalue weighted by atomic mass is 16.3. The SMILES string of the molecule is Oc1ccc2c(c1)-c1nc(-c3ccccc3)cc(-c3ccccc3)c1C2. The van der Waals surface area contributed by atoms with Crippen molar-refractivity contribution in [2.75, 3.05) is 0 Å². The Morgan fingerprint density at radius 3 is 2.12 bits per heavy atom. The van der Waals surface area contributed by atoms with Crippen LogP contribution in [-0.4, -0.2) is 10.1 Å². The van der Waals surface area contributed by atoms with Crippen molar-refractivity contribution in [2.24, 2.45) is 0 Å². The van der Waals surface area contributed by atoms with Crippen molar-refractivity contribution in [1.82, 2.24) is 4.98 Å². The lowest BCUT2D eigenvalue weighted by Crippen LogP contribution is -1.94. The molecule has 0 amide bonds. The second-order valence-corrected chi connectivity index (χ2v) is 6.63. The Morgan fingerprint density at radius 2 is 1.38 bits per heavy atom. The minimum absolute atomic E-state index is 0.282. The number of fused-ring (bicyclic) bond motifs is 3. The summed E-state index contributed by atoms with van der Waals surface area (Å²) in [6, 6.07) is 28.5. The quantitative estimate of drug-likeness (QED) is 0.449. The maximum absolute atomic E-state index is 9.97. The third kappa shape index (κ3) is 2.39. The number of rotatable bonds is 2. The Balaban J connectivity index is 1.80. The second-order valence-electron chi connectivity index (χ2n) is 6.63. The summed E-state index contributed by atoms with van der Waals surface area (Å²) < 4.78 is 0. The van der Waals surface area contributed by atoms with E-state index in [0.717, 1.165) is 28.9 Å². The zero-order chi connectivity index (χ0) is 17.5. The van der Waals surface area contributed by atoms with Gasteiger partial charge in [0.2, 0.25) is 0 Å². The van der Waals surface area contributed by atoms with E-state index in [-0.39, 0.29) is 5.75 Å². The molecule has 0 fully saturated rings. The first-order valence-corrected chi connectivity index (χ1v) is 8.76. The van der Waals surface area contributed by atoms with Crippen LogP contribution >= 0.6 is 0 Å². The normalized spacial score (nSPS) is 11.8. The molecule has 5 rings (SSSR count). The van der Waals surface area contributed by atoms with E-state index in [2.05, 4.69) is 42.5 Å². The number of hydrogen-bond acceptors (Lipinski definition) is 2. The molecular weight excluding hydrogens is 318 g/mol. The van der Waals surface area contributed by atoms with Crippen LogP contribution in [0.5, 0.6) is 5.75 Å². The number of aromatic hydroxyl groups is 1. The van der Waals surface area contributed by atoms with Crippen LogP contribution < -0.4 is 0 Å². The van der Waals surface area contributed by atoms with Gasteiger partial charge in [-0.25, -0.2) is 4.98 Å². The zero-order valence-corrected chi connectivity index (χ0v) is 14.2. The third-order valence-corrected chi connectivity index (χ3v) is 4.99. The highest BCUT2D eigenvalue weighted by Crippen LogP contribution is 2.43. The van der Waals surface area contributed by atoms with E-state index in [0.29, 0.717) is 0 Å². The molecule has 1 N–H and O–H groups in total. The zero-order valence-electron chi connectivity index (χ0n) is 14.2. The van der Waals surface area contributed by atoms with E-state index >= 15 is 0 Å². The molecular formula is C24H17NO. The molecule has 3 aromatic carbocycles. The Kier molecular flexibility index (Phi) is 3.36. The Hall–Kier alpha value is -3.39. The van der Waals surface area contributed by atoms with Crippen LogP contribution in [0.4, 0.5) is 0 Å². The van der Waals surface area contributed by atoms with Crippen LogP contribution in [0, 0.1) is 0 Å². The van der Waals surface area contributed by atoms with Crippen LogP contribution in [0.3, 0.4) is 0 Å². The van der Waals surface area contributed by atoms with E-state index in [1.807, 2.05) is 36.4 Å². The van der Waals surface area contributed by atoms with Gasteiger partial charge in [0.1, 0.15) is 5.75 Å². The summed E-state index contributed by atoms with van der Waals surface area (Å²) in [4.78, 5) is 4.98. The van der Waals surface area contributed by atoms with Gasteiger partial charge in [0.15, 0.2) is 0 Å². The number of hydrogen-bond donors (Lipinski definition) is 1. The maximum Gasteiger partial charge on any atom is 0.116 e. The first-order valence-electron chi connectivity index (χ1n) is 8.76. The molecule has 1 aromatic heterocycles. The Labute approximate surface area is 152 Å². The molecule has 0 bridgehead atoms. The predicted octanol–water partition coefficient (Wildman–Crippen LogP) is 5.69. The van der Waals surface area contributed by atoms with E-state index in [4.69, 9.17) is 4.98 Å². The fourth-order valence-electron chi connectivity index (χ4n) is 3.73. The van der Waals surface area contributed by atoms with E-state index in [1.165, 1.54) is 22.3 Å². The summed E-state index contributed by atoms with van der Waals surface area (Å²) in [5.41, 5.74) is 8.93. The van der Waals surface area contributed by atoms with Crippen LogP contribution in [0.15, 0.2) is 84.9 Å². The van der Waals surface area contributed by atoms with Crippen molar-refractivity contribution >= 4 is 0 Å². The highest BCUT2D eigenvalue weighted by Gasteiger charge is 2.25. The van der Waals surface area contributed by atoms with Crippen LogP contribution in [-0.2, 0) is 6.42 Å². The topological polar surface area (TPSA) is 33.1 Å². The van der Waals surface area contributed by atoms with Gasteiger partial charge in [-0.3, -0.25) is 0 Å². The van der Waals surface area contributed by atoms with Crippen LogP contribution in [0.25, 0.3) is 33.6 Å². The molecule has 1 heterocycles. The fraction of sp³-hybridized carbons (Fsp3) is 0.0417. The first-order chi connectivity index (χ1) is 12.8. The number of nitrogens with zero attached hydrogens (tertiary/aromatic N) is 1. The van der Waals surface area contributed by atoms with Crippen molar-refractivity contribution < 1.29 is 5.11 Å². The van der Waals surface area contributed by atoms with E-state index in [1.54, 1.807) is 6.07 Å². The molecule has 0 atom stereocenters. The minimum atomic E-state index is 0.282. The van der Waals surface area contributed by atoms with Gasteiger partial charge in [-0.05, 0) is 40.5 Å². The molecule has 0 unspecified atom stereocenters. The van der Waals surface area contributed by atoms with E-state index in [9.17, 15) is 5.11 Å². The van der Waals surface area contributed by atoms with Crippen molar-refractivity contribution in [3.63, 3.8) is 0 Å². The molecule has 0 saturated carbocycles. The largest absolute Gasteiger partial charge is 0.508 e. The number of aromatic nitrogens is 1. The number of phenols is 1. The van der Waals surface area contributed by atoms with Crippen molar-refractivity contribution in [3.05, 3.63) is 96.1 Å². The molecule has 0 aliphatic heterocycles. The summed E-state index contributed by atoms with van der Waals surface area (Å²) in [5.74, 6) is 0.282. The molecule has 26 heavy (non-hydrogen) atoms. The molecule has 2 nitrogen and oxygen atoms in total. The molecule has 4 aromatic rings. The van der Waals surface area contributed by atoms with Gasteiger partial charge in [0.25, 0.3) is 0 Å². The number of benzene rings is 3. The van der Waals surface area contributed by atoms with Gasteiger partial charge in [-0.15, -0.1) is 0 Å². The summed E-state index contributed by atoms with van der Waals surface area (Å²) >= 11 is 0. The fourth-order valence-corrected chi connectivity index (χ4v) is 3.73.